The molecule has 8 heteroatoms. The van der Waals surface area contributed by atoms with Gasteiger partial charge in [-0.3, -0.25) is 4.79 Å². The van der Waals surface area contributed by atoms with Crippen molar-refractivity contribution < 1.29 is 32.6 Å². The summed E-state index contributed by atoms with van der Waals surface area (Å²) >= 11 is 0. The quantitative estimate of drug-likeness (QED) is 0.749. The van der Waals surface area contributed by atoms with Crippen molar-refractivity contribution in [3.8, 4) is 11.5 Å². The number of esters is 1. The fourth-order valence-electron chi connectivity index (χ4n) is 2.47. The largest absolute Gasteiger partial charge is 0.496 e. The number of rotatable bonds is 7. The second-order valence-electron chi connectivity index (χ2n) is 5.57. The zero-order valence-corrected chi connectivity index (χ0v) is 15.0. The monoisotopic (exact) mass is 379 g/mol. The predicted octanol–water partition coefficient (Wildman–Crippen LogP) is 3.02. The van der Waals surface area contributed by atoms with Crippen molar-refractivity contribution in [3.63, 3.8) is 0 Å². The minimum absolute atomic E-state index is 0.0490. The number of amides is 1. The molecule has 1 atom stereocenters. The van der Waals surface area contributed by atoms with Crippen LogP contribution in [0.2, 0.25) is 0 Å². The number of halogens is 2. The molecule has 0 radical (unpaired) electrons. The van der Waals surface area contributed by atoms with Gasteiger partial charge in [-0.05, 0) is 25.1 Å². The Labute approximate surface area is 155 Å². The van der Waals surface area contributed by atoms with Crippen LogP contribution in [0.1, 0.15) is 28.9 Å². The SMILES string of the molecule is COc1cccc(OC)c1C(=O)OCC(=O)N[C@H](C)c1ccc(F)cc1F. The zero-order chi connectivity index (χ0) is 20.0. The van der Waals surface area contributed by atoms with Crippen molar-refractivity contribution in [1.82, 2.24) is 5.32 Å². The lowest BCUT2D eigenvalue weighted by atomic mass is 10.1. The first-order chi connectivity index (χ1) is 12.9. The van der Waals surface area contributed by atoms with Gasteiger partial charge in [0.2, 0.25) is 0 Å². The molecular weight excluding hydrogens is 360 g/mol. The Balaban J connectivity index is 2.00. The summed E-state index contributed by atoms with van der Waals surface area (Å²) in [5.41, 5.74) is 0.162. The Morgan fingerprint density at radius 2 is 1.70 bits per heavy atom. The molecule has 144 valence electrons. The summed E-state index contributed by atoms with van der Waals surface area (Å²) in [4.78, 5) is 24.3. The Morgan fingerprint density at radius 1 is 1.07 bits per heavy atom. The fourth-order valence-corrected chi connectivity index (χ4v) is 2.47. The Bertz CT molecular complexity index is 819. The topological polar surface area (TPSA) is 73.9 Å². The maximum atomic E-state index is 13.7. The van der Waals surface area contributed by atoms with Gasteiger partial charge < -0.3 is 19.5 Å². The van der Waals surface area contributed by atoms with Crippen molar-refractivity contribution in [3.05, 3.63) is 59.2 Å². The fraction of sp³-hybridized carbons (Fsp3) is 0.263. The molecule has 0 aliphatic carbocycles. The number of hydrogen-bond donors (Lipinski definition) is 1. The number of carbonyl (C=O) groups is 2. The van der Waals surface area contributed by atoms with E-state index >= 15 is 0 Å². The molecule has 27 heavy (non-hydrogen) atoms. The van der Waals surface area contributed by atoms with Crippen LogP contribution in [0.4, 0.5) is 8.78 Å². The molecule has 0 saturated carbocycles. The highest BCUT2D eigenvalue weighted by molar-refractivity contribution is 5.96. The first-order valence-electron chi connectivity index (χ1n) is 7.99. The first kappa shape index (κ1) is 20.2. The predicted molar refractivity (Wildman–Crippen MR) is 92.7 cm³/mol. The third-order valence-electron chi connectivity index (χ3n) is 3.77. The third-order valence-corrected chi connectivity index (χ3v) is 3.77. The zero-order valence-electron chi connectivity index (χ0n) is 15.0. The minimum atomic E-state index is -0.805. The van der Waals surface area contributed by atoms with Crippen LogP contribution < -0.4 is 14.8 Å². The second-order valence-corrected chi connectivity index (χ2v) is 5.57. The van der Waals surface area contributed by atoms with Crippen LogP contribution in [0.25, 0.3) is 0 Å². The summed E-state index contributed by atoms with van der Waals surface area (Å²) in [6.07, 6.45) is 0. The highest BCUT2D eigenvalue weighted by atomic mass is 19.1. The van der Waals surface area contributed by atoms with Gasteiger partial charge in [0.05, 0.1) is 20.3 Å². The van der Waals surface area contributed by atoms with Gasteiger partial charge in [-0.1, -0.05) is 12.1 Å². The standard InChI is InChI=1S/C19H19F2NO5/c1-11(13-8-7-12(20)9-14(13)21)22-17(23)10-27-19(24)18-15(25-2)5-4-6-16(18)26-3/h4-9,11H,10H2,1-3H3,(H,22,23)/t11-/m1/s1. The van der Waals surface area contributed by atoms with Crippen molar-refractivity contribution in [1.29, 1.82) is 0 Å². The molecule has 2 aromatic rings. The molecule has 0 saturated heterocycles. The molecule has 0 bridgehead atoms. The molecule has 1 N–H and O–H groups in total. The van der Waals surface area contributed by atoms with Crippen LogP contribution in [-0.4, -0.2) is 32.7 Å². The minimum Gasteiger partial charge on any atom is -0.496 e. The number of nitrogens with one attached hydrogen (secondary N) is 1. The van der Waals surface area contributed by atoms with E-state index in [0.29, 0.717) is 0 Å². The average molecular weight is 379 g/mol. The van der Waals surface area contributed by atoms with E-state index in [2.05, 4.69) is 5.32 Å². The number of carbonyl (C=O) groups excluding carboxylic acids is 2. The van der Waals surface area contributed by atoms with Crippen LogP contribution in [0.3, 0.4) is 0 Å². The molecule has 0 spiro atoms. The average Bonchev–Trinajstić information content (AvgIpc) is 2.65. The van der Waals surface area contributed by atoms with Crippen molar-refractivity contribution in [2.24, 2.45) is 0 Å². The molecule has 0 heterocycles. The highest BCUT2D eigenvalue weighted by Crippen LogP contribution is 2.28. The van der Waals surface area contributed by atoms with Gasteiger partial charge in [-0.15, -0.1) is 0 Å². The third kappa shape index (κ3) is 4.93. The van der Waals surface area contributed by atoms with Crippen LogP contribution >= 0.6 is 0 Å². The van der Waals surface area contributed by atoms with Gasteiger partial charge in [0.1, 0.15) is 28.7 Å². The van der Waals surface area contributed by atoms with Gasteiger partial charge in [0, 0.05) is 11.6 Å². The smallest absolute Gasteiger partial charge is 0.346 e. The Morgan fingerprint density at radius 3 is 2.26 bits per heavy atom. The molecule has 1 amide bonds. The van der Waals surface area contributed by atoms with Crippen molar-refractivity contribution in [2.45, 2.75) is 13.0 Å². The summed E-state index contributed by atoms with van der Waals surface area (Å²) in [7, 11) is 2.77. The molecule has 2 rings (SSSR count). The van der Waals surface area contributed by atoms with Gasteiger partial charge >= 0.3 is 5.97 Å². The van der Waals surface area contributed by atoms with Gasteiger partial charge in [0.15, 0.2) is 6.61 Å². The highest BCUT2D eigenvalue weighted by Gasteiger charge is 2.21. The molecule has 0 aliphatic rings. The van der Waals surface area contributed by atoms with E-state index in [9.17, 15) is 18.4 Å². The molecular formula is C19H19F2NO5. The second kappa shape index (κ2) is 8.98. The number of benzene rings is 2. The molecule has 0 aliphatic heterocycles. The number of hydrogen-bond acceptors (Lipinski definition) is 5. The number of ether oxygens (including phenoxy) is 3. The molecule has 0 unspecified atom stereocenters. The van der Waals surface area contributed by atoms with Crippen LogP contribution in [0.15, 0.2) is 36.4 Å². The van der Waals surface area contributed by atoms with Gasteiger partial charge in [-0.25, -0.2) is 13.6 Å². The summed E-state index contributed by atoms with van der Waals surface area (Å²) in [5, 5.41) is 2.48. The molecule has 0 fully saturated rings. The van der Waals surface area contributed by atoms with Gasteiger partial charge in [0.25, 0.3) is 5.91 Å². The van der Waals surface area contributed by atoms with Crippen molar-refractivity contribution in [2.75, 3.05) is 20.8 Å². The lowest BCUT2D eigenvalue weighted by molar-refractivity contribution is -0.124. The van der Waals surface area contributed by atoms with Gasteiger partial charge in [-0.2, -0.15) is 0 Å². The molecule has 0 aromatic heterocycles. The van der Waals surface area contributed by atoms with E-state index in [1.165, 1.54) is 27.2 Å². The van der Waals surface area contributed by atoms with Crippen LogP contribution in [0, 0.1) is 11.6 Å². The summed E-state index contributed by atoms with van der Waals surface area (Å²) in [6, 6.07) is 7.07. The maximum absolute atomic E-state index is 13.7. The summed E-state index contributed by atoms with van der Waals surface area (Å²) < 4.78 is 41.9. The van der Waals surface area contributed by atoms with E-state index in [4.69, 9.17) is 14.2 Å². The lowest BCUT2D eigenvalue weighted by Gasteiger charge is -2.16. The van der Waals surface area contributed by atoms with E-state index in [1.807, 2.05) is 0 Å². The summed E-state index contributed by atoms with van der Waals surface area (Å²) in [6.45, 7) is 0.937. The first-order valence-corrected chi connectivity index (χ1v) is 7.99. The lowest BCUT2D eigenvalue weighted by Crippen LogP contribution is -2.31. The number of methoxy groups -OCH3 is 2. The van der Waals surface area contributed by atoms with Crippen molar-refractivity contribution >= 4 is 11.9 Å². The van der Waals surface area contributed by atoms with Crippen LogP contribution in [-0.2, 0) is 9.53 Å². The van der Waals surface area contributed by atoms with E-state index in [-0.39, 0.29) is 22.6 Å². The van der Waals surface area contributed by atoms with E-state index in [0.717, 1.165) is 12.1 Å². The van der Waals surface area contributed by atoms with E-state index in [1.54, 1.807) is 18.2 Å². The van der Waals surface area contributed by atoms with E-state index < -0.39 is 36.2 Å². The summed E-state index contributed by atoms with van der Waals surface area (Å²) in [5.74, 6) is -2.47. The maximum Gasteiger partial charge on any atom is 0.346 e. The molecule has 2 aromatic carbocycles. The Kier molecular flexibility index (Phi) is 6.70. The Hall–Kier alpha value is -3.16. The molecule has 6 nitrogen and oxygen atoms in total. The normalized spacial score (nSPS) is 11.4. The van der Waals surface area contributed by atoms with Crippen LogP contribution in [0.5, 0.6) is 11.5 Å².